The molecular formula is C12H16BrNO2. The van der Waals surface area contributed by atoms with Gasteiger partial charge in [-0.3, -0.25) is 0 Å². The molecule has 0 aliphatic heterocycles. The van der Waals surface area contributed by atoms with Crippen LogP contribution in [0.2, 0.25) is 0 Å². The van der Waals surface area contributed by atoms with Crippen molar-refractivity contribution in [1.82, 2.24) is 0 Å². The van der Waals surface area contributed by atoms with E-state index in [1.54, 1.807) is 0 Å². The minimum atomic E-state index is -0.640. The molecule has 0 aromatic heterocycles. The molecule has 1 aromatic rings. The van der Waals surface area contributed by atoms with Crippen molar-refractivity contribution in [2.45, 2.75) is 18.9 Å². The predicted octanol–water partition coefficient (Wildman–Crippen LogP) is 2.23. The van der Waals surface area contributed by atoms with E-state index in [1.165, 1.54) is 12.8 Å². The monoisotopic (exact) mass is 285 g/mol. The number of aliphatic hydroxyl groups excluding tert-OH is 1. The standard InChI is InChI=1S/C12H16BrNO2/c13-12-9(10(15)6-14)2-1-3-11(12)16-7-8-4-5-8/h1-3,8,10,15H,4-7,14H2. The van der Waals surface area contributed by atoms with Crippen molar-refractivity contribution in [3.05, 3.63) is 28.2 Å². The lowest BCUT2D eigenvalue weighted by molar-refractivity contribution is 0.185. The van der Waals surface area contributed by atoms with E-state index >= 15 is 0 Å². The van der Waals surface area contributed by atoms with Gasteiger partial charge in [0.25, 0.3) is 0 Å². The summed E-state index contributed by atoms with van der Waals surface area (Å²) in [6, 6.07) is 5.63. The van der Waals surface area contributed by atoms with Crippen LogP contribution in [0.15, 0.2) is 22.7 Å². The summed E-state index contributed by atoms with van der Waals surface area (Å²) in [5.74, 6) is 1.51. The van der Waals surface area contributed by atoms with Gasteiger partial charge in [0.2, 0.25) is 0 Å². The number of aliphatic hydroxyl groups is 1. The normalized spacial score (nSPS) is 17.2. The van der Waals surface area contributed by atoms with E-state index < -0.39 is 6.10 Å². The third-order valence-corrected chi connectivity index (χ3v) is 3.60. The Morgan fingerprint density at radius 1 is 1.50 bits per heavy atom. The lowest BCUT2D eigenvalue weighted by Gasteiger charge is -2.14. The van der Waals surface area contributed by atoms with Gasteiger partial charge in [-0.2, -0.15) is 0 Å². The van der Waals surface area contributed by atoms with Gasteiger partial charge in [-0.15, -0.1) is 0 Å². The number of nitrogens with two attached hydrogens (primary N) is 1. The second-order valence-electron chi connectivity index (χ2n) is 4.17. The Kier molecular flexibility index (Phi) is 3.84. The van der Waals surface area contributed by atoms with Crippen molar-refractivity contribution in [2.75, 3.05) is 13.2 Å². The molecule has 1 aliphatic rings. The Bertz CT molecular complexity index is 366. The SMILES string of the molecule is NCC(O)c1cccc(OCC2CC2)c1Br. The Morgan fingerprint density at radius 3 is 2.88 bits per heavy atom. The van der Waals surface area contributed by atoms with Gasteiger partial charge in [-0.05, 0) is 46.3 Å². The molecule has 2 rings (SSSR count). The van der Waals surface area contributed by atoms with Gasteiger partial charge >= 0.3 is 0 Å². The Balaban J connectivity index is 2.11. The number of hydrogen-bond donors (Lipinski definition) is 2. The molecule has 1 atom stereocenters. The molecular weight excluding hydrogens is 270 g/mol. The minimum Gasteiger partial charge on any atom is -0.492 e. The van der Waals surface area contributed by atoms with Crippen LogP contribution >= 0.6 is 15.9 Å². The highest BCUT2D eigenvalue weighted by Gasteiger charge is 2.22. The first-order chi connectivity index (χ1) is 7.72. The van der Waals surface area contributed by atoms with Crippen LogP contribution < -0.4 is 10.5 Å². The lowest BCUT2D eigenvalue weighted by atomic mass is 10.1. The fourth-order valence-electron chi connectivity index (χ4n) is 1.52. The van der Waals surface area contributed by atoms with Gasteiger partial charge in [0, 0.05) is 6.54 Å². The van der Waals surface area contributed by atoms with E-state index in [9.17, 15) is 5.11 Å². The van der Waals surface area contributed by atoms with Crippen molar-refractivity contribution < 1.29 is 9.84 Å². The average Bonchev–Trinajstić information content (AvgIpc) is 3.10. The van der Waals surface area contributed by atoms with Gasteiger partial charge < -0.3 is 15.6 Å². The van der Waals surface area contributed by atoms with Crippen LogP contribution in [0, 0.1) is 5.92 Å². The van der Waals surface area contributed by atoms with Crippen LogP contribution in [-0.2, 0) is 0 Å². The Labute approximate surface area is 104 Å². The van der Waals surface area contributed by atoms with E-state index in [0.717, 1.165) is 28.3 Å². The molecule has 0 spiro atoms. The van der Waals surface area contributed by atoms with Crippen molar-refractivity contribution in [2.24, 2.45) is 11.7 Å². The number of ether oxygens (including phenoxy) is 1. The highest BCUT2D eigenvalue weighted by atomic mass is 79.9. The summed E-state index contributed by atoms with van der Waals surface area (Å²) in [4.78, 5) is 0. The van der Waals surface area contributed by atoms with Gasteiger partial charge in [0.05, 0.1) is 17.2 Å². The molecule has 1 aromatic carbocycles. The van der Waals surface area contributed by atoms with Crippen molar-refractivity contribution in [3.8, 4) is 5.75 Å². The summed E-state index contributed by atoms with van der Waals surface area (Å²) >= 11 is 3.45. The first kappa shape index (κ1) is 11.9. The molecule has 1 aliphatic carbocycles. The van der Waals surface area contributed by atoms with Crippen molar-refractivity contribution in [1.29, 1.82) is 0 Å². The molecule has 0 amide bonds. The number of benzene rings is 1. The zero-order valence-electron chi connectivity index (χ0n) is 9.03. The highest BCUT2D eigenvalue weighted by molar-refractivity contribution is 9.10. The first-order valence-electron chi connectivity index (χ1n) is 5.51. The van der Waals surface area contributed by atoms with Gasteiger partial charge in [-0.1, -0.05) is 12.1 Å². The summed E-state index contributed by atoms with van der Waals surface area (Å²) < 4.78 is 6.51. The van der Waals surface area contributed by atoms with E-state index in [0.29, 0.717) is 0 Å². The lowest BCUT2D eigenvalue weighted by Crippen LogP contribution is -2.12. The molecule has 1 unspecified atom stereocenters. The summed E-state index contributed by atoms with van der Waals surface area (Å²) in [5.41, 5.74) is 6.23. The zero-order chi connectivity index (χ0) is 11.5. The Morgan fingerprint density at radius 2 is 2.25 bits per heavy atom. The third-order valence-electron chi connectivity index (χ3n) is 2.75. The predicted molar refractivity (Wildman–Crippen MR) is 66.4 cm³/mol. The van der Waals surface area contributed by atoms with E-state index in [1.807, 2.05) is 18.2 Å². The highest BCUT2D eigenvalue weighted by Crippen LogP contribution is 2.34. The molecule has 3 nitrogen and oxygen atoms in total. The second-order valence-corrected chi connectivity index (χ2v) is 4.96. The number of hydrogen-bond acceptors (Lipinski definition) is 3. The molecule has 1 saturated carbocycles. The molecule has 88 valence electrons. The van der Waals surface area contributed by atoms with Crippen LogP contribution in [0.4, 0.5) is 0 Å². The number of halogens is 1. The van der Waals surface area contributed by atoms with Crippen LogP contribution in [0.3, 0.4) is 0 Å². The summed E-state index contributed by atoms with van der Waals surface area (Å²) in [6.07, 6.45) is 1.89. The van der Waals surface area contributed by atoms with Crippen LogP contribution in [-0.4, -0.2) is 18.3 Å². The zero-order valence-corrected chi connectivity index (χ0v) is 10.6. The van der Waals surface area contributed by atoms with E-state index in [4.69, 9.17) is 10.5 Å². The van der Waals surface area contributed by atoms with Crippen LogP contribution in [0.25, 0.3) is 0 Å². The van der Waals surface area contributed by atoms with E-state index in [2.05, 4.69) is 15.9 Å². The summed E-state index contributed by atoms with van der Waals surface area (Å²) in [7, 11) is 0. The molecule has 0 radical (unpaired) electrons. The number of rotatable bonds is 5. The molecule has 0 bridgehead atoms. The molecule has 16 heavy (non-hydrogen) atoms. The smallest absolute Gasteiger partial charge is 0.133 e. The van der Waals surface area contributed by atoms with Gasteiger partial charge in [-0.25, -0.2) is 0 Å². The van der Waals surface area contributed by atoms with Crippen LogP contribution in [0.1, 0.15) is 24.5 Å². The molecule has 1 fully saturated rings. The molecule has 0 saturated heterocycles. The maximum Gasteiger partial charge on any atom is 0.133 e. The minimum absolute atomic E-state index is 0.213. The van der Waals surface area contributed by atoms with E-state index in [-0.39, 0.29) is 6.54 Å². The average molecular weight is 286 g/mol. The van der Waals surface area contributed by atoms with Gasteiger partial charge in [0.1, 0.15) is 5.75 Å². The third kappa shape index (κ3) is 2.75. The summed E-state index contributed by atoms with van der Waals surface area (Å²) in [5, 5.41) is 9.71. The van der Waals surface area contributed by atoms with Crippen molar-refractivity contribution in [3.63, 3.8) is 0 Å². The fourth-order valence-corrected chi connectivity index (χ4v) is 2.16. The second kappa shape index (κ2) is 5.17. The molecule has 0 heterocycles. The molecule has 3 N–H and O–H groups in total. The van der Waals surface area contributed by atoms with Gasteiger partial charge in [0.15, 0.2) is 0 Å². The fraction of sp³-hybridized carbons (Fsp3) is 0.500. The first-order valence-corrected chi connectivity index (χ1v) is 6.31. The maximum atomic E-state index is 9.71. The largest absolute Gasteiger partial charge is 0.492 e. The van der Waals surface area contributed by atoms with Crippen LogP contribution in [0.5, 0.6) is 5.75 Å². The topological polar surface area (TPSA) is 55.5 Å². The maximum absolute atomic E-state index is 9.71. The quantitative estimate of drug-likeness (QED) is 0.872. The summed E-state index contributed by atoms with van der Waals surface area (Å²) in [6.45, 7) is 0.978. The Hall–Kier alpha value is -0.580. The van der Waals surface area contributed by atoms with Crippen molar-refractivity contribution >= 4 is 15.9 Å². The molecule has 4 heteroatoms.